The van der Waals surface area contributed by atoms with Crippen molar-refractivity contribution in [1.82, 2.24) is 5.01 Å². The number of carbonyl (C=O) groups is 1. The van der Waals surface area contributed by atoms with Gasteiger partial charge in [-0.2, -0.15) is 10.4 Å². The van der Waals surface area contributed by atoms with Crippen molar-refractivity contribution in [3.63, 3.8) is 0 Å². The predicted molar refractivity (Wildman–Crippen MR) is 111 cm³/mol. The van der Waals surface area contributed by atoms with Crippen LogP contribution in [0.1, 0.15) is 27.0 Å². The molecule has 0 N–H and O–H groups in total. The van der Waals surface area contributed by atoms with Gasteiger partial charge in [0.15, 0.2) is 5.54 Å². The lowest BCUT2D eigenvalue weighted by atomic mass is 9.80. The maximum atomic E-state index is 13.3. The molecule has 30 heavy (non-hydrogen) atoms. The van der Waals surface area contributed by atoms with Crippen molar-refractivity contribution >= 4 is 17.8 Å². The first-order valence-electron chi connectivity index (χ1n) is 9.23. The summed E-state index contributed by atoms with van der Waals surface area (Å²) in [6.45, 7) is 0. The third-order valence-corrected chi connectivity index (χ3v) is 5.11. The van der Waals surface area contributed by atoms with Crippen LogP contribution in [-0.4, -0.2) is 22.1 Å². The molecule has 0 spiro atoms. The Labute approximate surface area is 172 Å². The summed E-state index contributed by atoms with van der Waals surface area (Å²) in [5, 5.41) is 27.4. The summed E-state index contributed by atoms with van der Waals surface area (Å²) in [5.74, 6) is -0.457. The van der Waals surface area contributed by atoms with Gasteiger partial charge in [-0.15, -0.1) is 0 Å². The zero-order chi connectivity index (χ0) is 21.1. The SMILES string of the molecule is N#CC1(Cc2ccccc2[N+](=O)[O-])c2ccccc2C=NN1C(=O)c1ccccc1. The molecule has 0 radical (unpaired) electrons. The minimum absolute atomic E-state index is 0.0758. The Bertz CT molecular complexity index is 1200. The number of para-hydroxylation sites is 1. The van der Waals surface area contributed by atoms with E-state index in [4.69, 9.17) is 0 Å². The van der Waals surface area contributed by atoms with Crippen molar-refractivity contribution in [2.75, 3.05) is 0 Å². The van der Waals surface area contributed by atoms with E-state index in [1.807, 2.05) is 6.07 Å². The van der Waals surface area contributed by atoms with Crippen molar-refractivity contribution < 1.29 is 9.72 Å². The molecule has 1 amide bonds. The second kappa shape index (κ2) is 7.60. The molecule has 0 bridgehead atoms. The molecule has 146 valence electrons. The van der Waals surface area contributed by atoms with Crippen LogP contribution < -0.4 is 0 Å². The highest BCUT2D eigenvalue weighted by Gasteiger charge is 2.47. The summed E-state index contributed by atoms with van der Waals surface area (Å²) in [5.41, 5.74) is 0.341. The van der Waals surface area contributed by atoms with Crippen LogP contribution in [0.25, 0.3) is 0 Å². The molecule has 0 aromatic heterocycles. The molecule has 1 unspecified atom stereocenters. The third kappa shape index (κ3) is 3.10. The van der Waals surface area contributed by atoms with Gasteiger partial charge in [0.05, 0.1) is 17.2 Å². The number of nitro benzene ring substituents is 1. The summed E-state index contributed by atoms with van der Waals surface area (Å²) in [7, 11) is 0. The molecule has 0 aliphatic carbocycles. The predicted octanol–water partition coefficient (Wildman–Crippen LogP) is 4.05. The van der Waals surface area contributed by atoms with E-state index in [0.29, 0.717) is 22.3 Å². The number of hydrogen-bond acceptors (Lipinski definition) is 5. The molecule has 7 heteroatoms. The molecule has 0 fully saturated rings. The Morgan fingerprint density at radius 3 is 2.43 bits per heavy atom. The molecule has 1 aliphatic heterocycles. The summed E-state index contributed by atoms with van der Waals surface area (Å²) in [6, 6.07) is 24.2. The molecule has 0 saturated carbocycles. The van der Waals surface area contributed by atoms with Gasteiger partial charge in [0.1, 0.15) is 0 Å². The summed E-state index contributed by atoms with van der Waals surface area (Å²) in [6.07, 6.45) is 1.46. The highest BCUT2D eigenvalue weighted by atomic mass is 16.6. The number of nitriles is 1. The average Bonchev–Trinajstić information content (AvgIpc) is 2.79. The van der Waals surface area contributed by atoms with Gasteiger partial charge in [0, 0.05) is 34.7 Å². The van der Waals surface area contributed by atoms with Crippen molar-refractivity contribution in [1.29, 1.82) is 5.26 Å². The monoisotopic (exact) mass is 396 g/mol. The summed E-state index contributed by atoms with van der Waals surface area (Å²) < 4.78 is 0. The Balaban J connectivity index is 1.90. The van der Waals surface area contributed by atoms with E-state index in [1.165, 1.54) is 12.3 Å². The van der Waals surface area contributed by atoms with Gasteiger partial charge in [0.25, 0.3) is 11.6 Å². The van der Waals surface area contributed by atoms with Crippen LogP contribution in [0.15, 0.2) is 84.0 Å². The first-order valence-corrected chi connectivity index (χ1v) is 9.23. The van der Waals surface area contributed by atoms with Crippen molar-refractivity contribution in [3.05, 3.63) is 111 Å². The zero-order valence-corrected chi connectivity index (χ0v) is 15.8. The molecule has 3 aromatic carbocycles. The minimum atomic E-state index is -1.54. The van der Waals surface area contributed by atoms with E-state index in [1.54, 1.807) is 66.7 Å². The molecular formula is C23H16N4O3. The first-order chi connectivity index (χ1) is 14.6. The van der Waals surface area contributed by atoms with E-state index < -0.39 is 16.4 Å². The lowest BCUT2D eigenvalue weighted by molar-refractivity contribution is -0.385. The van der Waals surface area contributed by atoms with E-state index in [9.17, 15) is 20.2 Å². The van der Waals surface area contributed by atoms with Crippen LogP contribution >= 0.6 is 0 Å². The molecule has 0 saturated heterocycles. The highest BCUT2D eigenvalue weighted by molar-refractivity contribution is 5.97. The Kier molecular flexibility index (Phi) is 4.82. The number of hydrazone groups is 1. The second-order valence-electron chi connectivity index (χ2n) is 6.85. The number of nitro groups is 1. The number of rotatable bonds is 4. The molecule has 1 aliphatic rings. The number of fused-ring (bicyclic) bond motifs is 1. The van der Waals surface area contributed by atoms with Gasteiger partial charge in [-0.1, -0.05) is 60.7 Å². The average molecular weight is 396 g/mol. The fourth-order valence-corrected chi connectivity index (χ4v) is 3.68. The topological polar surface area (TPSA) is 99.6 Å². The minimum Gasteiger partial charge on any atom is -0.267 e. The van der Waals surface area contributed by atoms with E-state index in [0.717, 1.165) is 5.01 Å². The largest absolute Gasteiger partial charge is 0.275 e. The fraction of sp³-hybridized carbons (Fsp3) is 0.0870. The van der Waals surface area contributed by atoms with Crippen LogP contribution in [0, 0.1) is 21.4 Å². The highest BCUT2D eigenvalue weighted by Crippen LogP contribution is 2.39. The van der Waals surface area contributed by atoms with Crippen molar-refractivity contribution in [3.8, 4) is 6.07 Å². The van der Waals surface area contributed by atoms with Gasteiger partial charge in [-0.3, -0.25) is 14.9 Å². The van der Waals surface area contributed by atoms with Gasteiger partial charge < -0.3 is 0 Å². The quantitative estimate of drug-likeness (QED) is 0.491. The van der Waals surface area contributed by atoms with Crippen LogP contribution in [0.5, 0.6) is 0 Å². The molecule has 3 aromatic rings. The van der Waals surface area contributed by atoms with Crippen molar-refractivity contribution in [2.24, 2.45) is 5.10 Å². The van der Waals surface area contributed by atoms with Gasteiger partial charge in [0.2, 0.25) is 0 Å². The molecule has 4 rings (SSSR count). The fourth-order valence-electron chi connectivity index (χ4n) is 3.68. The zero-order valence-electron chi connectivity index (χ0n) is 15.8. The normalized spacial score (nSPS) is 17.1. The summed E-state index contributed by atoms with van der Waals surface area (Å²) >= 11 is 0. The number of hydrogen-bond donors (Lipinski definition) is 0. The molecule has 1 atom stereocenters. The van der Waals surface area contributed by atoms with Crippen LogP contribution in [0.3, 0.4) is 0 Å². The molecule has 7 nitrogen and oxygen atoms in total. The Morgan fingerprint density at radius 1 is 1.03 bits per heavy atom. The first kappa shape index (κ1) is 19.0. The lowest BCUT2D eigenvalue weighted by Crippen LogP contribution is -2.49. The number of nitrogens with zero attached hydrogens (tertiary/aromatic N) is 4. The Hall–Kier alpha value is -4.31. The number of amides is 1. The maximum absolute atomic E-state index is 13.3. The standard InChI is InChI=1S/C23H16N4O3/c24-16-23(14-18-10-5-7-13-21(18)27(29)30)20-12-6-4-11-19(20)15-25-26(23)22(28)17-8-2-1-3-9-17/h1-13,15H,14H2. The van der Waals surface area contributed by atoms with E-state index in [-0.39, 0.29) is 12.1 Å². The van der Waals surface area contributed by atoms with Crippen LogP contribution in [0.4, 0.5) is 5.69 Å². The maximum Gasteiger partial charge on any atom is 0.275 e. The number of benzene rings is 3. The smallest absolute Gasteiger partial charge is 0.267 e. The molecule has 1 heterocycles. The van der Waals surface area contributed by atoms with Crippen molar-refractivity contribution in [2.45, 2.75) is 12.0 Å². The lowest BCUT2D eigenvalue weighted by Gasteiger charge is -2.38. The third-order valence-electron chi connectivity index (χ3n) is 5.11. The van der Waals surface area contributed by atoms with Gasteiger partial charge in [-0.25, -0.2) is 5.01 Å². The summed E-state index contributed by atoms with van der Waals surface area (Å²) in [4.78, 5) is 24.4. The van der Waals surface area contributed by atoms with Gasteiger partial charge in [-0.05, 0) is 12.1 Å². The van der Waals surface area contributed by atoms with Crippen LogP contribution in [0.2, 0.25) is 0 Å². The second-order valence-corrected chi connectivity index (χ2v) is 6.85. The molecular weight excluding hydrogens is 380 g/mol. The Morgan fingerprint density at radius 2 is 1.70 bits per heavy atom. The van der Waals surface area contributed by atoms with E-state index in [2.05, 4.69) is 11.2 Å². The number of carbonyl (C=O) groups excluding carboxylic acids is 1. The van der Waals surface area contributed by atoms with Gasteiger partial charge >= 0.3 is 0 Å². The van der Waals surface area contributed by atoms with E-state index >= 15 is 0 Å². The van der Waals surface area contributed by atoms with Crippen LogP contribution in [-0.2, 0) is 12.0 Å².